The van der Waals surface area contributed by atoms with Crippen molar-refractivity contribution in [3.8, 4) is 0 Å². The van der Waals surface area contributed by atoms with Crippen molar-refractivity contribution in [1.82, 2.24) is 4.90 Å². The molecule has 1 atom stereocenters. The molecule has 3 heteroatoms. The van der Waals surface area contributed by atoms with E-state index in [2.05, 4.69) is 56.8 Å². The van der Waals surface area contributed by atoms with E-state index in [0.717, 1.165) is 19.4 Å². The van der Waals surface area contributed by atoms with Gasteiger partial charge in [0.25, 0.3) is 0 Å². The van der Waals surface area contributed by atoms with Gasteiger partial charge in [0.15, 0.2) is 0 Å². The lowest BCUT2D eigenvalue weighted by Gasteiger charge is -2.17. The molecule has 106 valence electrons. The fourth-order valence-electron chi connectivity index (χ4n) is 2.20. The first-order valence-electron chi connectivity index (χ1n) is 7.12. The van der Waals surface area contributed by atoms with Gasteiger partial charge in [-0.05, 0) is 39.5 Å². The molecule has 0 saturated heterocycles. The number of hydrogen-bond donors (Lipinski definition) is 0. The summed E-state index contributed by atoms with van der Waals surface area (Å²) in [6.45, 7) is 7.91. The van der Waals surface area contributed by atoms with E-state index in [0.29, 0.717) is 0 Å². The Kier molecular flexibility index (Phi) is 7.71. The van der Waals surface area contributed by atoms with Crippen LogP contribution in [-0.4, -0.2) is 47.2 Å². The smallest absolute Gasteiger partial charge is 0.100 e. The van der Waals surface area contributed by atoms with E-state index < -0.39 is 8.80 Å². The van der Waals surface area contributed by atoms with Crippen LogP contribution in [0.15, 0.2) is 30.8 Å². The summed E-state index contributed by atoms with van der Waals surface area (Å²) >= 11 is 0. The van der Waals surface area contributed by atoms with Gasteiger partial charge in [0, 0.05) is 12.8 Å². The first-order chi connectivity index (χ1) is 9.17. The minimum Gasteiger partial charge on any atom is -0.385 e. The van der Waals surface area contributed by atoms with Gasteiger partial charge in [0.05, 0.1) is 0 Å². The van der Waals surface area contributed by atoms with Crippen molar-refractivity contribution in [2.75, 3.05) is 33.5 Å². The van der Waals surface area contributed by atoms with Crippen molar-refractivity contribution in [2.45, 2.75) is 19.4 Å². The van der Waals surface area contributed by atoms with Crippen molar-refractivity contribution in [2.24, 2.45) is 0 Å². The van der Waals surface area contributed by atoms with Crippen LogP contribution in [0.2, 0.25) is 6.04 Å². The van der Waals surface area contributed by atoms with E-state index >= 15 is 0 Å². The van der Waals surface area contributed by atoms with Crippen molar-refractivity contribution in [3.05, 3.63) is 36.4 Å². The molecule has 0 saturated carbocycles. The molecular formula is C16H27NOSi. The normalized spacial score (nSPS) is 12.6. The summed E-state index contributed by atoms with van der Waals surface area (Å²) in [5.74, 6) is 0. The Hall–Kier alpha value is -0.903. The van der Waals surface area contributed by atoms with Gasteiger partial charge in [-0.1, -0.05) is 48.2 Å². The van der Waals surface area contributed by atoms with Crippen LogP contribution in [-0.2, 0) is 4.74 Å². The average Bonchev–Trinajstić information content (AvgIpc) is 2.42. The largest absolute Gasteiger partial charge is 0.385 e. The van der Waals surface area contributed by atoms with Gasteiger partial charge in [-0.25, -0.2) is 0 Å². The van der Waals surface area contributed by atoms with Crippen LogP contribution in [0, 0.1) is 0 Å². The van der Waals surface area contributed by atoms with E-state index in [1.807, 2.05) is 6.08 Å². The minimum absolute atomic E-state index is 0.818. The highest BCUT2D eigenvalue weighted by atomic mass is 28.3. The Balaban J connectivity index is 2.67. The Bertz CT molecular complexity index is 379. The molecule has 0 aromatic heterocycles. The lowest BCUT2D eigenvalue weighted by molar-refractivity contribution is 0.191. The van der Waals surface area contributed by atoms with Gasteiger partial charge in [-0.2, -0.15) is 0 Å². The van der Waals surface area contributed by atoms with E-state index in [1.54, 1.807) is 0 Å². The van der Waals surface area contributed by atoms with Crippen molar-refractivity contribution < 1.29 is 4.74 Å². The van der Waals surface area contributed by atoms with E-state index in [1.165, 1.54) is 23.2 Å². The van der Waals surface area contributed by atoms with E-state index in [9.17, 15) is 0 Å². The van der Waals surface area contributed by atoms with Crippen LogP contribution in [0.1, 0.15) is 18.9 Å². The summed E-state index contributed by atoms with van der Waals surface area (Å²) in [5, 5.41) is 1.50. The maximum Gasteiger partial charge on any atom is 0.100 e. The third-order valence-electron chi connectivity index (χ3n) is 3.30. The number of benzene rings is 1. The molecular weight excluding hydrogens is 250 g/mol. The van der Waals surface area contributed by atoms with Gasteiger partial charge >= 0.3 is 0 Å². The molecule has 0 bridgehead atoms. The van der Waals surface area contributed by atoms with Crippen LogP contribution in [0.3, 0.4) is 0 Å². The molecule has 0 radical (unpaired) electrons. The molecule has 2 nitrogen and oxygen atoms in total. The average molecular weight is 277 g/mol. The summed E-state index contributed by atoms with van der Waals surface area (Å²) < 4.78 is 5.70. The first-order valence-corrected chi connectivity index (χ1v) is 9.33. The number of ether oxygens (including phenoxy) is 1. The molecule has 0 fully saturated rings. The molecule has 0 aliphatic rings. The second-order valence-electron chi connectivity index (χ2n) is 5.18. The Labute approximate surface area is 119 Å². The van der Waals surface area contributed by atoms with Crippen LogP contribution in [0.4, 0.5) is 0 Å². The molecule has 1 unspecified atom stereocenters. The SMILES string of the molecule is C=Cc1cccc([SiH](CCCN(C)C)COCC)c1. The molecule has 0 aliphatic carbocycles. The zero-order valence-electron chi connectivity index (χ0n) is 12.6. The summed E-state index contributed by atoms with van der Waals surface area (Å²) in [5.41, 5.74) is 1.22. The van der Waals surface area contributed by atoms with Gasteiger partial charge in [-0.15, -0.1) is 0 Å². The summed E-state index contributed by atoms with van der Waals surface area (Å²) in [7, 11) is 3.27. The maximum atomic E-state index is 5.70. The lowest BCUT2D eigenvalue weighted by atomic mass is 10.2. The Morgan fingerprint density at radius 1 is 1.37 bits per heavy atom. The molecule has 0 N–H and O–H groups in total. The predicted molar refractivity (Wildman–Crippen MR) is 87.8 cm³/mol. The van der Waals surface area contributed by atoms with Crippen LogP contribution in [0.25, 0.3) is 6.08 Å². The number of hydrogen-bond acceptors (Lipinski definition) is 2. The van der Waals surface area contributed by atoms with Crippen molar-refractivity contribution >= 4 is 20.1 Å². The van der Waals surface area contributed by atoms with Crippen LogP contribution < -0.4 is 5.19 Å². The maximum absolute atomic E-state index is 5.70. The summed E-state index contributed by atoms with van der Waals surface area (Å²) in [6, 6.07) is 10.1. The third-order valence-corrected chi connectivity index (χ3v) is 6.34. The quantitative estimate of drug-likeness (QED) is 0.642. The monoisotopic (exact) mass is 277 g/mol. The zero-order chi connectivity index (χ0) is 14.1. The fourth-order valence-corrected chi connectivity index (χ4v) is 4.90. The molecule has 19 heavy (non-hydrogen) atoms. The van der Waals surface area contributed by atoms with Crippen molar-refractivity contribution in [1.29, 1.82) is 0 Å². The highest BCUT2D eigenvalue weighted by molar-refractivity contribution is 6.73. The third kappa shape index (κ3) is 6.19. The van der Waals surface area contributed by atoms with Gasteiger partial charge < -0.3 is 9.64 Å². The highest BCUT2D eigenvalue weighted by Gasteiger charge is 2.14. The topological polar surface area (TPSA) is 12.5 Å². The molecule has 1 rings (SSSR count). The second kappa shape index (κ2) is 9.07. The molecule has 0 spiro atoms. The predicted octanol–water partition coefficient (Wildman–Crippen LogP) is 2.29. The Morgan fingerprint density at radius 2 is 2.16 bits per heavy atom. The summed E-state index contributed by atoms with van der Waals surface area (Å²) in [4.78, 5) is 2.26. The number of nitrogens with zero attached hydrogens (tertiary/aromatic N) is 1. The molecule has 1 aromatic rings. The van der Waals surface area contributed by atoms with Crippen LogP contribution in [0.5, 0.6) is 0 Å². The standard InChI is InChI=1S/C16H27NOSi/c1-5-15-9-7-10-16(13-15)19(14-18-6-2)12-8-11-17(3)4/h5,7,9-10,13,19H,1,6,8,11-12,14H2,2-4H3. The fraction of sp³-hybridized carbons (Fsp3) is 0.500. The number of rotatable bonds is 9. The van der Waals surface area contributed by atoms with Gasteiger partial charge in [0.1, 0.15) is 8.80 Å². The van der Waals surface area contributed by atoms with Gasteiger partial charge in [0.2, 0.25) is 0 Å². The minimum atomic E-state index is -1.01. The molecule has 1 aromatic carbocycles. The first kappa shape index (κ1) is 16.2. The molecule has 0 amide bonds. The lowest BCUT2D eigenvalue weighted by Crippen LogP contribution is -2.36. The molecule has 0 aliphatic heterocycles. The van der Waals surface area contributed by atoms with E-state index in [-0.39, 0.29) is 0 Å². The second-order valence-corrected chi connectivity index (χ2v) is 8.15. The molecule has 0 heterocycles. The highest BCUT2D eigenvalue weighted by Crippen LogP contribution is 2.05. The van der Waals surface area contributed by atoms with Gasteiger partial charge in [-0.3, -0.25) is 0 Å². The van der Waals surface area contributed by atoms with Crippen LogP contribution >= 0.6 is 0 Å². The Morgan fingerprint density at radius 3 is 2.79 bits per heavy atom. The summed E-state index contributed by atoms with van der Waals surface area (Å²) in [6.07, 6.45) is 4.13. The van der Waals surface area contributed by atoms with Crippen molar-refractivity contribution in [3.63, 3.8) is 0 Å². The van der Waals surface area contributed by atoms with E-state index in [4.69, 9.17) is 4.74 Å². The zero-order valence-corrected chi connectivity index (χ0v) is 13.7.